The molecule has 0 bridgehead atoms. The maximum absolute atomic E-state index is 12.0. The zero-order chi connectivity index (χ0) is 13.1. The summed E-state index contributed by atoms with van der Waals surface area (Å²) in [5.74, 6) is 0. The van der Waals surface area contributed by atoms with E-state index >= 15 is 0 Å². The van der Waals surface area contributed by atoms with Gasteiger partial charge in [-0.25, -0.2) is 13.1 Å². The lowest BCUT2D eigenvalue weighted by atomic mass is 9.96. The van der Waals surface area contributed by atoms with Crippen LogP contribution in [0.15, 0.2) is 33.6 Å². The first kappa shape index (κ1) is 14.6. The Morgan fingerprint density at radius 2 is 1.94 bits per heavy atom. The van der Waals surface area contributed by atoms with Crippen LogP contribution in [0, 0.1) is 5.41 Å². The average Bonchev–Trinajstić information content (AvgIpc) is 2.27. The fraction of sp³-hybridized carbons (Fsp3) is 0.455. The number of aliphatic hydroxyl groups excluding tert-OH is 1. The minimum Gasteiger partial charge on any atom is -0.396 e. The van der Waals surface area contributed by atoms with Gasteiger partial charge in [-0.1, -0.05) is 26.0 Å². The molecule has 0 aliphatic heterocycles. The maximum atomic E-state index is 12.0. The molecule has 0 amide bonds. The molecule has 0 aliphatic carbocycles. The Morgan fingerprint density at radius 1 is 1.35 bits per heavy atom. The van der Waals surface area contributed by atoms with Gasteiger partial charge in [0.05, 0.1) is 4.90 Å². The molecule has 0 aromatic heterocycles. The summed E-state index contributed by atoms with van der Waals surface area (Å²) in [6, 6.07) is 6.61. The molecule has 0 unspecified atom stereocenters. The molecule has 6 heteroatoms. The van der Waals surface area contributed by atoms with Crippen molar-refractivity contribution in [3.8, 4) is 0 Å². The Kier molecular flexibility index (Phi) is 4.71. The zero-order valence-corrected chi connectivity index (χ0v) is 12.2. The minimum absolute atomic E-state index is 0.0779. The Balaban J connectivity index is 2.88. The summed E-state index contributed by atoms with van der Waals surface area (Å²) >= 11 is 3.20. The van der Waals surface area contributed by atoms with Gasteiger partial charge in [-0.15, -0.1) is 0 Å². The Bertz CT molecular complexity index is 485. The number of hydrogen-bond donors (Lipinski definition) is 2. The van der Waals surface area contributed by atoms with Gasteiger partial charge in [-0.05, 0) is 28.1 Å². The molecule has 1 rings (SSSR count). The van der Waals surface area contributed by atoms with Crippen LogP contribution in [-0.2, 0) is 10.0 Å². The van der Waals surface area contributed by atoms with Crippen molar-refractivity contribution >= 4 is 26.0 Å². The molecule has 0 spiro atoms. The third-order valence-corrected chi connectivity index (χ3v) is 4.71. The molecule has 0 heterocycles. The van der Waals surface area contributed by atoms with E-state index in [0.29, 0.717) is 4.47 Å². The third-order valence-electron chi connectivity index (χ3n) is 2.29. The number of nitrogens with one attached hydrogen (secondary N) is 1. The van der Waals surface area contributed by atoms with E-state index in [1.165, 1.54) is 6.07 Å². The van der Waals surface area contributed by atoms with E-state index in [1.54, 1.807) is 32.0 Å². The molecule has 0 radical (unpaired) electrons. The van der Waals surface area contributed by atoms with Crippen molar-refractivity contribution < 1.29 is 13.5 Å². The van der Waals surface area contributed by atoms with Crippen LogP contribution >= 0.6 is 15.9 Å². The van der Waals surface area contributed by atoms with Gasteiger partial charge in [0.1, 0.15) is 0 Å². The summed E-state index contributed by atoms with van der Waals surface area (Å²) in [6.45, 7) is 3.68. The SMILES string of the molecule is CC(C)(CO)CNS(=O)(=O)c1ccccc1Br. The molecular formula is C11H16BrNO3S. The van der Waals surface area contributed by atoms with Crippen LogP contribution < -0.4 is 4.72 Å². The molecule has 1 aromatic rings. The van der Waals surface area contributed by atoms with Gasteiger partial charge in [-0.2, -0.15) is 0 Å². The van der Waals surface area contributed by atoms with E-state index in [4.69, 9.17) is 5.11 Å². The monoisotopic (exact) mass is 321 g/mol. The van der Waals surface area contributed by atoms with Crippen molar-refractivity contribution in [2.24, 2.45) is 5.41 Å². The van der Waals surface area contributed by atoms with Crippen LogP contribution in [-0.4, -0.2) is 26.7 Å². The van der Waals surface area contributed by atoms with E-state index in [1.807, 2.05) is 0 Å². The van der Waals surface area contributed by atoms with Gasteiger partial charge >= 0.3 is 0 Å². The molecule has 96 valence electrons. The standard InChI is InChI=1S/C11H16BrNO3S/c1-11(2,8-14)7-13-17(15,16)10-6-4-3-5-9(10)12/h3-6,13-14H,7-8H2,1-2H3. The summed E-state index contributed by atoms with van der Waals surface area (Å²) in [4.78, 5) is 0.203. The highest BCUT2D eigenvalue weighted by molar-refractivity contribution is 9.10. The number of rotatable bonds is 5. The van der Waals surface area contributed by atoms with Crippen molar-refractivity contribution in [3.63, 3.8) is 0 Å². The smallest absolute Gasteiger partial charge is 0.241 e. The number of hydrogen-bond acceptors (Lipinski definition) is 3. The summed E-state index contributed by atoms with van der Waals surface area (Å²) < 4.78 is 27.0. The first-order valence-corrected chi connectivity index (χ1v) is 7.41. The lowest BCUT2D eigenvalue weighted by molar-refractivity contribution is 0.163. The molecule has 0 atom stereocenters. The topological polar surface area (TPSA) is 66.4 Å². The second-order valence-corrected chi connectivity index (χ2v) is 7.17. The number of halogens is 1. The van der Waals surface area contributed by atoms with Crippen molar-refractivity contribution in [1.29, 1.82) is 0 Å². The summed E-state index contributed by atoms with van der Waals surface area (Å²) in [5.41, 5.74) is -0.478. The van der Waals surface area contributed by atoms with Gasteiger partial charge in [-0.3, -0.25) is 0 Å². The highest BCUT2D eigenvalue weighted by Crippen LogP contribution is 2.21. The number of sulfonamides is 1. The van der Waals surface area contributed by atoms with Crippen LogP contribution in [0.3, 0.4) is 0 Å². The summed E-state index contributed by atoms with van der Waals surface area (Å²) in [5, 5.41) is 9.07. The molecule has 0 fully saturated rings. The van der Waals surface area contributed by atoms with E-state index < -0.39 is 15.4 Å². The average molecular weight is 322 g/mol. The summed E-state index contributed by atoms with van der Waals surface area (Å²) in [6.07, 6.45) is 0. The molecule has 1 aromatic carbocycles. The fourth-order valence-corrected chi connectivity index (χ4v) is 3.33. The Morgan fingerprint density at radius 3 is 2.47 bits per heavy atom. The van der Waals surface area contributed by atoms with Gasteiger partial charge in [0.25, 0.3) is 0 Å². The van der Waals surface area contributed by atoms with Crippen LogP contribution in [0.25, 0.3) is 0 Å². The minimum atomic E-state index is -3.54. The molecule has 0 aliphatic rings. The Hall–Kier alpha value is -0.430. The predicted molar refractivity (Wildman–Crippen MR) is 70.2 cm³/mol. The summed E-state index contributed by atoms with van der Waals surface area (Å²) in [7, 11) is -3.54. The van der Waals surface area contributed by atoms with Crippen molar-refractivity contribution in [2.75, 3.05) is 13.2 Å². The van der Waals surface area contributed by atoms with Gasteiger partial charge in [0.15, 0.2) is 0 Å². The number of aliphatic hydroxyl groups is 1. The normalized spacial score (nSPS) is 12.7. The van der Waals surface area contributed by atoms with Gasteiger partial charge < -0.3 is 5.11 Å². The molecule has 0 saturated carbocycles. The first-order chi connectivity index (χ1) is 7.78. The highest BCUT2D eigenvalue weighted by atomic mass is 79.9. The third kappa shape index (κ3) is 4.06. The largest absolute Gasteiger partial charge is 0.396 e. The predicted octanol–water partition coefficient (Wildman–Crippen LogP) is 1.75. The Labute approximate surface area is 110 Å². The van der Waals surface area contributed by atoms with E-state index in [2.05, 4.69) is 20.7 Å². The second kappa shape index (κ2) is 5.48. The molecule has 4 nitrogen and oxygen atoms in total. The molecule has 0 saturated heterocycles. The van der Waals surface area contributed by atoms with Gasteiger partial charge in [0, 0.05) is 23.0 Å². The van der Waals surface area contributed by atoms with Gasteiger partial charge in [0.2, 0.25) is 10.0 Å². The van der Waals surface area contributed by atoms with Crippen molar-refractivity contribution in [1.82, 2.24) is 4.72 Å². The van der Waals surface area contributed by atoms with Crippen LogP contribution in [0.4, 0.5) is 0 Å². The fourth-order valence-electron chi connectivity index (χ4n) is 1.09. The maximum Gasteiger partial charge on any atom is 0.241 e. The van der Waals surface area contributed by atoms with E-state index in [9.17, 15) is 8.42 Å². The van der Waals surface area contributed by atoms with Crippen LogP contribution in [0.1, 0.15) is 13.8 Å². The lowest BCUT2D eigenvalue weighted by Gasteiger charge is -2.21. The van der Waals surface area contributed by atoms with Crippen LogP contribution in [0.5, 0.6) is 0 Å². The lowest BCUT2D eigenvalue weighted by Crippen LogP contribution is -2.36. The number of benzene rings is 1. The van der Waals surface area contributed by atoms with E-state index in [-0.39, 0.29) is 18.0 Å². The first-order valence-electron chi connectivity index (χ1n) is 5.13. The zero-order valence-electron chi connectivity index (χ0n) is 9.77. The van der Waals surface area contributed by atoms with E-state index in [0.717, 1.165) is 0 Å². The second-order valence-electron chi connectivity index (χ2n) is 4.58. The molecular weight excluding hydrogens is 306 g/mol. The highest BCUT2D eigenvalue weighted by Gasteiger charge is 2.22. The van der Waals surface area contributed by atoms with Crippen molar-refractivity contribution in [2.45, 2.75) is 18.7 Å². The molecule has 17 heavy (non-hydrogen) atoms. The quantitative estimate of drug-likeness (QED) is 0.868. The van der Waals surface area contributed by atoms with Crippen LogP contribution in [0.2, 0.25) is 0 Å². The molecule has 2 N–H and O–H groups in total. The van der Waals surface area contributed by atoms with Crippen molar-refractivity contribution in [3.05, 3.63) is 28.7 Å².